The molecule has 4 heterocycles. The molecule has 0 radical (unpaired) electrons. The Bertz CT molecular complexity index is 1460. The number of nitrogens with zero attached hydrogens (tertiary/aromatic N) is 2. The van der Waals surface area contributed by atoms with E-state index in [2.05, 4.69) is 5.32 Å². The van der Waals surface area contributed by atoms with E-state index >= 15 is 0 Å². The Balaban J connectivity index is 1.78. The number of carbonyl (C=O) groups is 2. The number of nitrogens with one attached hydrogen (secondary N) is 1. The van der Waals surface area contributed by atoms with Crippen molar-refractivity contribution in [3.05, 3.63) is 56.4 Å². The molecule has 2 aliphatic rings. The van der Waals surface area contributed by atoms with Crippen LogP contribution >= 0.6 is 0 Å². The molecule has 176 valence electrons. The fourth-order valence-corrected chi connectivity index (χ4v) is 5.11. The van der Waals surface area contributed by atoms with Crippen LogP contribution < -0.4 is 10.9 Å². The van der Waals surface area contributed by atoms with Gasteiger partial charge in [-0.2, -0.15) is 0 Å². The fraction of sp³-hybridized carbons (Fsp3) is 0.360. The molecule has 0 saturated heterocycles. The number of rotatable bonds is 4. The minimum Gasteiger partial charge on any atom is -0.508 e. The zero-order chi connectivity index (χ0) is 24.4. The molecule has 0 spiro atoms. The first-order chi connectivity index (χ1) is 16.2. The van der Waals surface area contributed by atoms with Gasteiger partial charge in [-0.1, -0.05) is 13.8 Å². The van der Waals surface area contributed by atoms with Crippen LogP contribution in [0, 0.1) is 0 Å². The molecule has 0 saturated carbocycles. The van der Waals surface area contributed by atoms with Crippen LogP contribution in [0.25, 0.3) is 22.3 Å². The van der Waals surface area contributed by atoms with Crippen molar-refractivity contribution in [1.29, 1.82) is 0 Å². The molecule has 3 aromatic rings. The van der Waals surface area contributed by atoms with E-state index in [0.29, 0.717) is 28.9 Å². The molecule has 0 fully saturated rings. The molecule has 0 aliphatic carbocycles. The highest BCUT2D eigenvalue weighted by molar-refractivity contribution is 5.93. The number of fused-ring (bicyclic) bond motifs is 5. The van der Waals surface area contributed by atoms with Crippen LogP contribution in [0.1, 0.15) is 55.0 Å². The number of amides is 1. The third-order valence-electron chi connectivity index (χ3n) is 6.92. The number of phenolic OH excluding ortho intramolecular Hbond substituents is 1. The van der Waals surface area contributed by atoms with Crippen molar-refractivity contribution >= 4 is 22.8 Å². The van der Waals surface area contributed by atoms with Crippen LogP contribution in [-0.2, 0) is 46.0 Å². The summed E-state index contributed by atoms with van der Waals surface area (Å²) in [4.78, 5) is 42.1. The second-order valence-electron chi connectivity index (χ2n) is 8.74. The van der Waals surface area contributed by atoms with Crippen LogP contribution in [0.4, 0.5) is 0 Å². The van der Waals surface area contributed by atoms with E-state index in [1.165, 1.54) is 6.92 Å². The molecule has 3 N–H and O–H groups in total. The molecule has 1 atom stereocenters. The summed E-state index contributed by atoms with van der Waals surface area (Å²) in [6.45, 7) is 5.30. The van der Waals surface area contributed by atoms with Crippen LogP contribution in [0.15, 0.2) is 23.0 Å². The van der Waals surface area contributed by atoms with Crippen LogP contribution in [0.3, 0.4) is 0 Å². The first kappa shape index (κ1) is 22.1. The highest BCUT2D eigenvalue weighted by Crippen LogP contribution is 2.41. The number of aromatic nitrogens is 2. The molecule has 9 heteroatoms. The number of aryl methyl sites for hydroxylation is 1. The van der Waals surface area contributed by atoms with E-state index in [9.17, 15) is 24.6 Å². The van der Waals surface area contributed by atoms with Gasteiger partial charge in [0.1, 0.15) is 12.4 Å². The lowest BCUT2D eigenvalue weighted by atomic mass is 9.86. The summed E-state index contributed by atoms with van der Waals surface area (Å²) >= 11 is 0. The van der Waals surface area contributed by atoms with Crippen molar-refractivity contribution in [2.24, 2.45) is 0 Å². The molecule has 9 nitrogen and oxygen atoms in total. The van der Waals surface area contributed by atoms with Crippen molar-refractivity contribution in [2.75, 3.05) is 0 Å². The SMILES string of the molecule is CCc1c2c(nc3ccc(O)c(CNC(C)=O)c13)-c1cc3c(c(=O)n1C2)COC(=O)[C@]3(O)CC. The number of hydrogen-bond donors (Lipinski definition) is 3. The number of phenols is 1. The normalized spacial score (nSPS) is 18.3. The van der Waals surface area contributed by atoms with E-state index in [1.54, 1.807) is 29.7 Å². The number of pyridine rings is 2. The topological polar surface area (TPSA) is 131 Å². The molecular formula is C25H25N3O6. The van der Waals surface area contributed by atoms with Crippen molar-refractivity contribution in [1.82, 2.24) is 14.9 Å². The van der Waals surface area contributed by atoms with Crippen molar-refractivity contribution < 1.29 is 24.5 Å². The number of aliphatic hydroxyl groups is 1. The summed E-state index contributed by atoms with van der Waals surface area (Å²) < 4.78 is 6.73. The van der Waals surface area contributed by atoms with E-state index in [1.807, 2.05) is 6.92 Å². The number of benzene rings is 1. The van der Waals surface area contributed by atoms with Gasteiger partial charge in [0.15, 0.2) is 5.60 Å². The number of hydrogen-bond acceptors (Lipinski definition) is 7. The van der Waals surface area contributed by atoms with E-state index in [0.717, 1.165) is 16.5 Å². The Labute approximate surface area is 195 Å². The lowest BCUT2D eigenvalue weighted by Gasteiger charge is -2.31. The third kappa shape index (κ3) is 2.96. The average molecular weight is 463 g/mol. The first-order valence-corrected chi connectivity index (χ1v) is 11.3. The van der Waals surface area contributed by atoms with Gasteiger partial charge in [0.05, 0.1) is 29.0 Å². The fourth-order valence-electron chi connectivity index (χ4n) is 5.11. The predicted octanol–water partition coefficient (Wildman–Crippen LogP) is 1.98. The Kier molecular flexibility index (Phi) is 4.98. The van der Waals surface area contributed by atoms with Gasteiger partial charge in [-0.15, -0.1) is 0 Å². The summed E-state index contributed by atoms with van der Waals surface area (Å²) in [5.74, 6) is -0.915. The van der Waals surface area contributed by atoms with Crippen molar-refractivity contribution in [3.8, 4) is 17.1 Å². The van der Waals surface area contributed by atoms with Crippen molar-refractivity contribution in [2.45, 2.75) is 58.9 Å². The molecule has 34 heavy (non-hydrogen) atoms. The summed E-state index contributed by atoms with van der Waals surface area (Å²) in [7, 11) is 0. The van der Waals surface area contributed by atoms with Gasteiger partial charge >= 0.3 is 5.97 Å². The van der Waals surface area contributed by atoms with Gasteiger partial charge in [-0.25, -0.2) is 9.78 Å². The van der Waals surface area contributed by atoms with Gasteiger partial charge in [0.2, 0.25) is 5.91 Å². The van der Waals surface area contributed by atoms with Crippen LogP contribution in [0.2, 0.25) is 0 Å². The number of aromatic hydroxyl groups is 1. The quantitative estimate of drug-likeness (QED) is 0.395. The summed E-state index contributed by atoms with van der Waals surface area (Å²) in [5.41, 5.74) is 2.45. The van der Waals surface area contributed by atoms with Gasteiger partial charge in [0, 0.05) is 35.5 Å². The summed E-state index contributed by atoms with van der Waals surface area (Å²) in [6.07, 6.45) is 0.687. The summed E-state index contributed by atoms with van der Waals surface area (Å²) in [5, 5.41) is 25.1. The molecule has 1 aromatic carbocycles. The Morgan fingerprint density at radius 3 is 2.68 bits per heavy atom. The predicted molar refractivity (Wildman–Crippen MR) is 123 cm³/mol. The van der Waals surface area contributed by atoms with Gasteiger partial charge in [-0.05, 0) is 36.6 Å². The smallest absolute Gasteiger partial charge is 0.343 e. The minimum atomic E-state index is -1.88. The second kappa shape index (κ2) is 7.66. The average Bonchev–Trinajstić information content (AvgIpc) is 3.18. The second-order valence-corrected chi connectivity index (χ2v) is 8.74. The molecule has 5 rings (SSSR count). The number of cyclic esters (lactones) is 1. The Morgan fingerprint density at radius 2 is 2.00 bits per heavy atom. The Hall–Kier alpha value is -3.72. The molecule has 0 bridgehead atoms. The lowest BCUT2D eigenvalue weighted by molar-refractivity contribution is -0.172. The monoisotopic (exact) mass is 463 g/mol. The van der Waals surface area contributed by atoms with Crippen molar-refractivity contribution in [3.63, 3.8) is 0 Å². The highest BCUT2D eigenvalue weighted by atomic mass is 16.6. The maximum absolute atomic E-state index is 13.4. The maximum atomic E-state index is 13.4. The van der Waals surface area contributed by atoms with E-state index in [-0.39, 0.29) is 54.5 Å². The number of ether oxygens (including phenoxy) is 1. The summed E-state index contributed by atoms with van der Waals surface area (Å²) in [6, 6.07) is 4.93. The maximum Gasteiger partial charge on any atom is 0.343 e. The highest BCUT2D eigenvalue weighted by Gasteiger charge is 2.45. The van der Waals surface area contributed by atoms with E-state index in [4.69, 9.17) is 9.72 Å². The zero-order valence-corrected chi connectivity index (χ0v) is 19.2. The van der Waals surface area contributed by atoms with Crippen LogP contribution in [-0.4, -0.2) is 31.6 Å². The first-order valence-electron chi connectivity index (χ1n) is 11.3. The van der Waals surface area contributed by atoms with Gasteiger partial charge in [0.25, 0.3) is 5.56 Å². The minimum absolute atomic E-state index is 0.0597. The van der Waals surface area contributed by atoms with Crippen LogP contribution in [0.5, 0.6) is 5.75 Å². The molecule has 1 amide bonds. The number of carbonyl (C=O) groups excluding carboxylic acids is 2. The molecule has 2 aromatic heterocycles. The number of esters is 1. The third-order valence-corrected chi connectivity index (χ3v) is 6.92. The molecular weight excluding hydrogens is 438 g/mol. The molecule has 0 unspecified atom stereocenters. The standard InChI is InChI=1S/C25H25N3O6/c1-4-13-15-10-28-19(8-17-16(23(28)31)11-34-24(32)25(17,33)5-2)22(15)27-18-6-7-20(30)14(21(13)18)9-26-12(3)29/h6-8,30,33H,4-5,9-11H2,1-3H3,(H,26,29)/t25-/m0/s1. The Morgan fingerprint density at radius 1 is 1.24 bits per heavy atom. The van der Waals surface area contributed by atoms with Gasteiger partial charge in [-0.3, -0.25) is 9.59 Å². The molecule has 2 aliphatic heterocycles. The van der Waals surface area contributed by atoms with E-state index < -0.39 is 11.6 Å². The largest absolute Gasteiger partial charge is 0.508 e. The zero-order valence-electron chi connectivity index (χ0n) is 19.2. The lowest BCUT2D eigenvalue weighted by Crippen LogP contribution is -2.44. The van der Waals surface area contributed by atoms with Gasteiger partial charge < -0.3 is 24.8 Å².